The Kier molecular flexibility index (Phi) is 4.28. The molecule has 0 atom stereocenters. The van der Waals surface area contributed by atoms with Gasteiger partial charge in [0, 0.05) is 0 Å². The number of rotatable bonds is 0. The fourth-order valence-electron chi connectivity index (χ4n) is 0.755. The highest BCUT2D eigenvalue weighted by Crippen LogP contribution is 1.84. The maximum atomic E-state index is 3.82. The minimum absolute atomic E-state index is 1.01. The predicted octanol–water partition coefficient (Wildman–Crippen LogP) is 1.84. The molecular formula is C11H16. The quantitative estimate of drug-likeness (QED) is 0.526. The predicted molar refractivity (Wildman–Crippen MR) is 52.8 cm³/mol. The summed E-state index contributed by atoms with van der Waals surface area (Å²) in [4.78, 5) is 0. The van der Waals surface area contributed by atoms with Gasteiger partial charge in [-0.15, -0.1) is 0 Å². The summed E-state index contributed by atoms with van der Waals surface area (Å²) >= 11 is 0. The van der Waals surface area contributed by atoms with Crippen molar-refractivity contribution < 1.29 is 0 Å². The summed E-state index contributed by atoms with van der Waals surface area (Å²) in [5.41, 5.74) is 1.24. The smallest absolute Gasteiger partial charge is 0.0259 e. The summed E-state index contributed by atoms with van der Waals surface area (Å²) in [6.07, 6.45) is 0. The molecule has 0 aliphatic carbocycles. The Labute approximate surface area is 68.9 Å². The summed E-state index contributed by atoms with van der Waals surface area (Å²) in [5.74, 6) is 0. The van der Waals surface area contributed by atoms with Crippen LogP contribution < -0.4 is 10.4 Å². The van der Waals surface area contributed by atoms with Gasteiger partial charge in [-0.3, -0.25) is 0 Å². The summed E-state index contributed by atoms with van der Waals surface area (Å²) in [5, 5.41) is 2.04. The summed E-state index contributed by atoms with van der Waals surface area (Å²) < 4.78 is 0. The van der Waals surface area contributed by atoms with Gasteiger partial charge in [-0.25, -0.2) is 0 Å². The zero-order chi connectivity index (χ0) is 8.85. The molecule has 60 valence electrons. The van der Waals surface area contributed by atoms with Crippen LogP contribution in [0.25, 0.3) is 13.2 Å². The van der Waals surface area contributed by atoms with E-state index in [2.05, 4.69) is 13.2 Å². The van der Waals surface area contributed by atoms with Gasteiger partial charge >= 0.3 is 0 Å². The van der Waals surface area contributed by atoms with Crippen molar-refractivity contribution in [2.75, 3.05) is 0 Å². The van der Waals surface area contributed by atoms with Crippen LogP contribution >= 0.6 is 0 Å². The second-order valence-electron chi connectivity index (χ2n) is 2.27. The van der Waals surface area contributed by atoms with Gasteiger partial charge in [0.1, 0.15) is 0 Å². The van der Waals surface area contributed by atoms with E-state index >= 15 is 0 Å². The molecule has 1 rings (SSSR count). The third-order valence-electron chi connectivity index (χ3n) is 1.36. The van der Waals surface area contributed by atoms with Crippen molar-refractivity contribution in [1.82, 2.24) is 0 Å². The molecule has 0 saturated carbocycles. The molecule has 0 aromatic heterocycles. The third kappa shape index (κ3) is 3.03. The minimum Gasteiger partial charge on any atom is -0.0912 e. The molecule has 1 aromatic rings. The molecular weight excluding hydrogens is 132 g/mol. The Balaban J connectivity index is 0.000000461. The van der Waals surface area contributed by atoms with Crippen molar-refractivity contribution in [3.05, 3.63) is 34.2 Å². The SMILES string of the molecule is C=c1ccc(C)cc1=C.CC. The molecule has 0 spiro atoms. The van der Waals surface area contributed by atoms with Gasteiger partial charge in [0.15, 0.2) is 0 Å². The first kappa shape index (κ1) is 9.96. The van der Waals surface area contributed by atoms with E-state index in [1.807, 2.05) is 39.0 Å². The molecule has 1 aromatic carbocycles. The number of benzene rings is 1. The van der Waals surface area contributed by atoms with Crippen LogP contribution in [0.1, 0.15) is 19.4 Å². The molecule has 0 heterocycles. The molecule has 0 aliphatic rings. The zero-order valence-electron chi connectivity index (χ0n) is 7.65. The molecule has 0 heteroatoms. The molecule has 0 aliphatic heterocycles. The van der Waals surface area contributed by atoms with Gasteiger partial charge in [-0.2, -0.15) is 0 Å². The maximum Gasteiger partial charge on any atom is -0.0259 e. The number of hydrogen-bond donors (Lipinski definition) is 0. The molecule has 0 nitrogen and oxygen atoms in total. The van der Waals surface area contributed by atoms with Crippen LogP contribution in [0, 0.1) is 6.92 Å². The molecule has 0 amide bonds. The van der Waals surface area contributed by atoms with Crippen LogP contribution in [-0.2, 0) is 0 Å². The highest BCUT2D eigenvalue weighted by molar-refractivity contribution is 5.21. The van der Waals surface area contributed by atoms with Gasteiger partial charge in [0.2, 0.25) is 0 Å². The highest BCUT2D eigenvalue weighted by Gasteiger charge is 1.79. The highest BCUT2D eigenvalue weighted by atomic mass is 13.9. The first-order valence-electron chi connectivity index (χ1n) is 3.95. The lowest BCUT2D eigenvalue weighted by atomic mass is 10.2. The molecule has 0 radical (unpaired) electrons. The minimum atomic E-state index is 1.01. The summed E-state index contributed by atoms with van der Waals surface area (Å²) in [6, 6.07) is 6.05. The van der Waals surface area contributed by atoms with E-state index in [1.165, 1.54) is 5.56 Å². The first-order chi connectivity index (χ1) is 5.20. The van der Waals surface area contributed by atoms with E-state index in [1.54, 1.807) is 0 Å². The lowest BCUT2D eigenvalue weighted by molar-refractivity contribution is 1.41. The van der Waals surface area contributed by atoms with E-state index in [0.29, 0.717) is 0 Å². The Morgan fingerprint density at radius 2 is 1.55 bits per heavy atom. The molecule has 0 bridgehead atoms. The molecule has 0 saturated heterocycles. The van der Waals surface area contributed by atoms with E-state index in [0.717, 1.165) is 10.4 Å². The maximum absolute atomic E-state index is 3.82. The monoisotopic (exact) mass is 148 g/mol. The lowest BCUT2D eigenvalue weighted by Crippen LogP contribution is -2.20. The van der Waals surface area contributed by atoms with Crippen LogP contribution in [0.3, 0.4) is 0 Å². The van der Waals surface area contributed by atoms with Crippen LogP contribution in [-0.4, -0.2) is 0 Å². The van der Waals surface area contributed by atoms with E-state index in [9.17, 15) is 0 Å². The largest absolute Gasteiger partial charge is 0.0912 e. The van der Waals surface area contributed by atoms with Gasteiger partial charge in [-0.1, -0.05) is 50.8 Å². The van der Waals surface area contributed by atoms with Crippen LogP contribution in [0.2, 0.25) is 0 Å². The van der Waals surface area contributed by atoms with Crippen LogP contribution in [0.4, 0.5) is 0 Å². The summed E-state index contributed by atoms with van der Waals surface area (Å²) in [6.45, 7) is 13.7. The number of aryl methyl sites for hydroxylation is 1. The Bertz CT molecular complexity index is 296. The molecule has 0 N–H and O–H groups in total. The van der Waals surface area contributed by atoms with Crippen molar-refractivity contribution in [1.29, 1.82) is 0 Å². The van der Waals surface area contributed by atoms with Crippen molar-refractivity contribution in [3.8, 4) is 0 Å². The Hall–Kier alpha value is -1.04. The molecule has 11 heavy (non-hydrogen) atoms. The van der Waals surface area contributed by atoms with Crippen LogP contribution in [0.15, 0.2) is 18.2 Å². The summed E-state index contributed by atoms with van der Waals surface area (Å²) in [7, 11) is 0. The fourth-order valence-corrected chi connectivity index (χ4v) is 0.755. The average Bonchev–Trinajstić information content (AvgIpc) is 2.02. The van der Waals surface area contributed by atoms with E-state index in [4.69, 9.17) is 0 Å². The van der Waals surface area contributed by atoms with E-state index < -0.39 is 0 Å². The molecule has 0 fully saturated rings. The van der Waals surface area contributed by atoms with E-state index in [-0.39, 0.29) is 0 Å². The van der Waals surface area contributed by atoms with Gasteiger partial charge in [0.05, 0.1) is 0 Å². The van der Waals surface area contributed by atoms with Crippen molar-refractivity contribution >= 4 is 13.2 Å². The average molecular weight is 148 g/mol. The lowest BCUT2D eigenvalue weighted by Gasteiger charge is -1.88. The van der Waals surface area contributed by atoms with Crippen molar-refractivity contribution in [2.24, 2.45) is 0 Å². The van der Waals surface area contributed by atoms with Crippen molar-refractivity contribution in [2.45, 2.75) is 20.8 Å². The number of hydrogen-bond acceptors (Lipinski definition) is 0. The fraction of sp³-hybridized carbons (Fsp3) is 0.273. The van der Waals surface area contributed by atoms with Crippen molar-refractivity contribution in [3.63, 3.8) is 0 Å². The second-order valence-corrected chi connectivity index (χ2v) is 2.27. The normalized spacial score (nSPS) is 8.27. The second kappa shape index (κ2) is 4.73. The van der Waals surface area contributed by atoms with Gasteiger partial charge in [-0.05, 0) is 17.4 Å². The first-order valence-corrected chi connectivity index (χ1v) is 3.95. The van der Waals surface area contributed by atoms with Gasteiger partial charge < -0.3 is 0 Å². The third-order valence-corrected chi connectivity index (χ3v) is 1.36. The topological polar surface area (TPSA) is 0 Å². The standard InChI is InChI=1S/C9H10.C2H6/c1-7-4-5-8(2)9(3)6-7;1-2/h4-6H,2-3H2,1H3;1-2H3. The Morgan fingerprint density at radius 3 is 1.91 bits per heavy atom. The zero-order valence-corrected chi connectivity index (χ0v) is 7.65. The Morgan fingerprint density at radius 1 is 1.00 bits per heavy atom. The van der Waals surface area contributed by atoms with Gasteiger partial charge in [0.25, 0.3) is 0 Å². The molecule has 0 unspecified atom stereocenters. The van der Waals surface area contributed by atoms with Crippen LogP contribution in [0.5, 0.6) is 0 Å².